The Balaban J connectivity index is 0.000000184. The second-order valence-electron chi connectivity index (χ2n) is 24.8. The Morgan fingerprint density at radius 2 is 0.688 bits per heavy atom. The Bertz CT molecular complexity index is 4120. The van der Waals surface area contributed by atoms with Crippen LogP contribution in [-0.4, -0.2) is 44.4 Å². The van der Waals surface area contributed by atoms with Crippen molar-refractivity contribution in [2.75, 3.05) is 24.0 Å². The maximum atomic E-state index is 7.00. The molecule has 96 heavy (non-hydrogen) atoms. The summed E-state index contributed by atoms with van der Waals surface area (Å²) in [5.41, 5.74) is 24.8. The maximum absolute atomic E-state index is 7.00. The number of pyridine rings is 4. The van der Waals surface area contributed by atoms with Gasteiger partial charge in [-0.2, -0.15) is 0 Å². The van der Waals surface area contributed by atoms with E-state index in [1.165, 1.54) is 50.1 Å². The van der Waals surface area contributed by atoms with Crippen LogP contribution in [0.15, 0.2) is 237 Å². The van der Waals surface area contributed by atoms with Crippen LogP contribution < -0.4 is 19.3 Å². The molecule has 6 heterocycles. The molecule has 0 amide bonds. The minimum absolute atomic E-state index is 0. The molecule has 10 nitrogen and oxygen atoms in total. The third-order valence-electron chi connectivity index (χ3n) is 16.4. The second-order valence-corrected chi connectivity index (χ2v) is 24.8. The fourth-order valence-electron chi connectivity index (χ4n) is 10.8. The molecule has 2 aliphatic rings. The van der Waals surface area contributed by atoms with E-state index in [-0.39, 0.29) is 51.0 Å². The van der Waals surface area contributed by atoms with Crippen molar-refractivity contribution in [3.8, 4) is 68.0 Å². The monoisotopic (exact) mass is 1630 g/mol. The number of aryl methyl sites for hydroxylation is 4. The van der Waals surface area contributed by atoms with Gasteiger partial charge in [-0.15, -0.1) is 69.8 Å². The van der Waals surface area contributed by atoms with Crippen molar-refractivity contribution in [3.63, 3.8) is 0 Å². The summed E-state index contributed by atoms with van der Waals surface area (Å²) in [4.78, 5) is 22.1. The van der Waals surface area contributed by atoms with Crippen LogP contribution in [0.5, 0.6) is 23.0 Å². The second kappa shape index (κ2) is 33.9. The molecule has 0 bridgehead atoms. The van der Waals surface area contributed by atoms with Gasteiger partial charge in [0.2, 0.25) is 0 Å². The average molecular weight is 1630 g/mol. The predicted molar refractivity (Wildman–Crippen MR) is 387 cm³/mol. The van der Waals surface area contributed by atoms with E-state index in [0.717, 1.165) is 99.3 Å². The van der Waals surface area contributed by atoms with E-state index in [4.69, 9.17) is 19.7 Å². The summed E-state index contributed by atoms with van der Waals surface area (Å²) in [6.07, 6.45) is 7.23. The fraction of sp³-hybridized carbons (Fsp3) is 0.190. The number of aliphatic hydroxyl groups is 2. The summed E-state index contributed by atoms with van der Waals surface area (Å²) in [6, 6.07) is 82.5. The third-order valence-corrected chi connectivity index (χ3v) is 16.4. The first-order valence-corrected chi connectivity index (χ1v) is 31.5. The van der Waals surface area contributed by atoms with Crippen molar-refractivity contribution < 1.29 is 59.9 Å². The molecule has 12 aromatic rings. The summed E-state index contributed by atoms with van der Waals surface area (Å²) >= 11 is 0. The Morgan fingerprint density at radius 3 is 1.04 bits per heavy atom. The van der Waals surface area contributed by atoms with Gasteiger partial charge in [-0.25, -0.2) is 0 Å². The predicted octanol–water partition coefficient (Wildman–Crippen LogP) is 21.2. The Kier molecular flexibility index (Phi) is 26.2. The van der Waals surface area contributed by atoms with Gasteiger partial charge in [-0.1, -0.05) is 165 Å². The quantitative estimate of drug-likeness (QED) is 0.156. The van der Waals surface area contributed by atoms with E-state index < -0.39 is 0 Å². The number of hydrogen-bond acceptors (Lipinski definition) is 10. The van der Waals surface area contributed by atoms with Gasteiger partial charge in [0.15, 0.2) is 0 Å². The van der Waals surface area contributed by atoms with E-state index in [2.05, 4.69) is 234 Å². The normalized spacial score (nSPS) is 11.3. The topological polar surface area (TPSA) is 117 Å². The van der Waals surface area contributed by atoms with E-state index >= 15 is 0 Å². The Morgan fingerprint density at radius 1 is 0.344 bits per heavy atom. The Labute approximate surface area is 595 Å². The van der Waals surface area contributed by atoms with Gasteiger partial charge in [0.1, 0.15) is 11.5 Å². The molecule has 2 aliphatic heterocycles. The van der Waals surface area contributed by atoms with E-state index in [9.17, 15) is 0 Å². The van der Waals surface area contributed by atoms with Gasteiger partial charge < -0.3 is 44.4 Å². The SMILES string of the molecule is CC(C)(C)c1ccc(N2c3ccc(-c4ccccn4)[c-]c3Oc3ccccc32)cc1.CC(C)(C)c1ccc(N2c3ccc(-c4ccccn4)[c-]c3Oc3ccccc32)cc1.CO.CO.Cc1[c-]c(-c2ccccn2)cc(C)c1C.Cc1cc(-c2ccccn2)cc(C)c1C.[Ir].[Ir]. The molecule has 8 aromatic carbocycles. The van der Waals surface area contributed by atoms with Crippen molar-refractivity contribution >= 4 is 34.1 Å². The molecule has 0 saturated heterocycles. The number of ether oxygens (including phenoxy) is 2. The van der Waals surface area contributed by atoms with Crippen LogP contribution >= 0.6 is 0 Å². The minimum atomic E-state index is 0. The van der Waals surface area contributed by atoms with Gasteiger partial charge >= 0.3 is 0 Å². The maximum Gasteiger partial charge on any atom is 0.148 e. The third kappa shape index (κ3) is 17.8. The molecule has 0 spiro atoms. The van der Waals surface area contributed by atoms with E-state index in [1.807, 2.05) is 122 Å². The van der Waals surface area contributed by atoms with Crippen LogP contribution in [0.1, 0.15) is 86.1 Å². The molecule has 12 heteroatoms. The largest absolute Gasteiger partial charge is 0.473 e. The van der Waals surface area contributed by atoms with Crippen molar-refractivity contribution in [2.45, 2.75) is 93.9 Å². The molecule has 0 saturated carbocycles. The van der Waals surface area contributed by atoms with Crippen LogP contribution in [0.2, 0.25) is 0 Å². The number of rotatable bonds is 6. The number of anilines is 6. The van der Waals surface area contributed by atoms with Crippen LogP contribution in [-0.2, 0) is 51.0 Å². The zero-order valence-electron chi connectivity index (χ0n) is 57.1. The number of nitrogens with zero attached hydrogens (tertiary/aromatic N) is 6. The zero-order valence-corrected chi connectivity index (χ0v) is 61.9. The molecule has 0 fully saturated rings. The van der Waals surface area contributed by atoms with Crippen LogP contribution in [0.3, 0.4) is 0 Å². The fourth-order valence-corrected chi connectivity index (χ4v) is 10.8. The summed E-state index contributed by atoms with van der Waals surface area (Å²) in [5, 5.41) is 14.0. The smallest absolute Gasteiger partial charge is 0.148 e. The Hall–Kier alpha value is -9.22. The van der Waals surface area contributed by atoms with Crippen molar-refractivity contribution in [1.82, 2.24) is 19.9 Å². The average Bonchev–Trinajstić information content (AvgIpc) is 0.763. The number of aromatic nitrogens is 4. The van der Waals surface area contributed by atoms with Gasteiger partial charge in [0.05, 0.1) is 28.6 Å². The van der Waals surface area contributed by atoms with E-state index in [0.29, 0.717) is 11.5 Å². The van der Waals surface area contributed by atoms with Crippen molar-refractivity contribution in [3.05, 3.63) is 300 Å². The van der Waals surface area contributed by atoms with Gasteiger partial charge in [-0.05, 0) is 167 Å². The van der Waals surface area contributed by atoms with Crippen molar-refractivity contribution in [1.29, 1.82) is 0 Å². The van der Waals surface area contributed by atoms with Crippen LogP contribution in [0.25, 0.3) is 45.0 Å². The van der Waals surface area contributed by atoms with Gasteiger partial charge in [0.25, 0.3) is 0 Å². The first kappa shape index (κ1) is 74.2. The molecular weight excluding hydrogens is 1540 g/mol. The van der Waals surface area contributed by atoms with Crippen LogP contribution in [0, 0.1) is 59.7 Å². The number of aliphatic hydroxyl groups excluding tert-OH is 2. The minimum Gasteiger partial charge on any atom is -0.473 e. The molecule has 0 atom stereocenters. The molecule has 494 valence electrons. The summed E-state index contributed by atoms with van der Waals surface area (Å²) in [7, 11) is 2.00. The zero-order chi connectivity index (χ0) is 67.1. The molecule has 4 aromatic heterocycles. The standard InChI is InChI=1S/2C27H23N2O.C14H15N.C14H14N.2CH4O.2Ir/c2*1-27(2,3)20-12-14-21(15-13-20)29-23-9-4-5-10-25(23)30-26-18-19(11-16-24(26)29)22-8-6-7-17-28-22;2*1-10-8-13(9-11(2)12(10)3)14-6-4-5-7-15-14;2*1-2;;/h2*4-17H,1-3H3;4-9H,1-3H3;4-8H,1-3H3;2*2H,1H3;;/q2*-1;;-1;;;;. The molecular formula is C84H83Ir2N6O4-3. The molecule has 2 N–H and O–H groups in total. The van der Waals surface area contributed by atoms with Crippen LogP contribution in [0.4, 0.5) is 34.1 Å². The number of hydrogen-bond donors (Lipinski definition) is 2. The summed E-state index contributed by atoms with van der Waals surface area (Å²) in [5.74, 6) is 3.05. The number of benzene rings is 8. The molecule has 2 radical (unpaired) electrons. The molecule has 14 rings (SSSR count). The molecule has 0 aliphatic carbocycles. The molecule has 0 unspecified atom stereocenters. The van der Waals surface area contributed by atoms with Gasteiger partial charge in [0, 0.05) is 108 Å². The van der Waals surface area contributed by atoms with Gasteiger partial charge in [-0.3, -0.25) is 4.98 Å². The summed E-state index contributed by atoms with van der Waals surface area (Å²) < 4.78 is 12.5. The first-order chi connectivity index (χ1) is 45.4. The van der Waals surface area contributed by atoms with E-state index in [1.54, 1.807) is 12.4 Å². The summed E-state index contributed by atoms with van der Waals surface area (Å²) in [6.45, 7) is 26.2. The first-order valence-electron chi connectivity index (χ1n) is 31.5. The van der Waals surface area contributed by atoms with Crippen molar-refractivity contribution in [2.24, 2.45) is 0 Å². The number of para-hydroxylation sites is 4. The number of fused-ring (bicyclic) bond motifs is 4.